The van der Waals surface area contributed by atoms with Crippen LogP contribution in [0.4, 0.5) is 0 Å². The Bertz CT molecular complexity index is 510. The van der Waals surface area contributed by atoms with E-state index in [9.17, 15) is 0 Å². The molecule has 0 atom stereocenters. The molecule has 0 saturated carbocycles. The molecule has 2 rings (SSSR count). The molecule has 2 aromatic rings. The summed E-state index contributed by atoms with van der Waals surface area (Å²) in [4.78, 5) is 0. The molecule has 0 radical (unpaired) electrons. The zero-order valence-corrected chi connectivity index (χ0v) is 9.55. The second kappa shape index (κ2) is 3.93. The van der Waals surface area contributed by atoms with E-state index in [2.05, 4.69) is 5.10 Å². The predicted molar refractivity (Wildman–Crippen MR) is 60.3 cm³/mol. The van der Waals surface area contributed by atoms with Crippen LogP contribution in [0, 0.1) is 0 Å². The van der Waals surface area contributed by atoms with Crippen LogP contribution < -0.4 is 0 Å². The topological polar surface area (TPSA) is 38.1 Å². The largest absolute Gasteiger partial charge is 0.505 e. The molecule has 0 spiro atoms. The molecular weight excluding hydrogens is 258 g/mol. The molecule has 1 aromatic carbocycles. The van der Waals surface area contributed by atoms with Gasteiger partial charge in [-0.3, -0.25) is 0 Å². The Morgan fingerprint density at radius 3 is 2.33 bits per heavy atom. The Hall–Kier alpha value is -0.900. The third-order valence-corrected chi connectivity index (χ3v) is 2.83. The molecule has 15 heavy (non-hydrogen) atoms. The summed E-state index contributed by atoms with van der Waals surface area (Å²) in [6.45, 7) is 0. The third kappa shape index (κ3) is 2.04. The molecule has 0 bridgehead atoms. The standard InChI is InChI=1S/C9H5Cl3N2O/c10-6-1-8(12)9(2-7(6)11)14-4-5(15)3-13-14/h1-4,15H. The predicted octanol–water partition coefficient (Wildman–Crippen LogP) is 3.54. The third-order valence-electron chi connectivity index (χ3n) is 1.81. The zero-order valence-electron chi connectivity index (χ0n) is 7.28. The molecule has 0 fully saturated rings. The Morgan fingerprint density at radius 1 is 1.07 bits per heavy atom. The van der Waals surface area contributed by atoms with E-state index in [0.717, 1.165) is 0 Å². The van der Waals surface area contributed by atoms with Crippen molar-refractivity contribution in [3.63, 3.8) is 0 Å². The van der Waals surface area contributed by atoms with Gasteiger partial charge in [-0.15, -0.1) is 0 Å². The van der Waals surface area contributed by atoms with Crippen LogP contribution in [0.15, 0.2) is 24.5 Å². The van der Waals surface area contributed by atoms with Crippen LogP contribution in [0.2, 0.25) is 15.1 Å². The number of hydrogen-bond donors (Lipinski definition) is 1. The normalized spacial score (nSPS) is 10.6. The van der Waals surface area contributed by atoms with Crippen molar-refractivity contribution < 1.29 is 5.11 Å². The van der Waals surface area contributed by atoms with Crippen molar-refractivity contribution in [2.75, 3.05) is 0 Å². The highest BCUT2D eigenvalue weighted by atomic mass is 35.5. The van der Waals surface area contributed by atoms with Gasteiger partial charge in [0.25, 0.3) is 0 Å². The average Bonchev–Trinajstić information content (AvgIpc) is 2.58. The van der Waals surface area contributed by atoms with E-state index in [1.807, 2.05) is 0 Å². The Morgan fingerprint density at radius 2 is 1.73 bits per heavy atom. The maximum atomic E-state index is 9.14. The molecule has 0 unspecified atom stereocenters. The second-order valence-electron chi connectivity index (χ2n) is 2.86. The van der Waals surface area contributed by atoms with E-state index in [-0.39, 0.29) is 5.75 Å². The summed E-state index contributed by atoms with van der Waals surface area (Å²) in [6, 6.07) is 3.11. The van der Waals surface area contributed by atoms with Gasteiger partial charge in [-0.2, -0.15) is 5.10 Å². The van der Waals surface area contributed by atoms with Crippen molar-refractivity contribution >= 4 is 34.8 Å². The van der Waals surface area contributed by atoms with Gasteiger partial charge in [0.15, 0.2) is 5.75 Å². The first-order chi connectivity index (χ1) is 7.08. The van der Waals surface area contributed by atoms with Crippen LogP contribution >= 0.6 is 34.8 Å². The van der Waals surface area contributed by atoms with E-state index < -0.39 is 0 Å². The summed E-state index contributed by atoms with van der Waals surface area (Å²) in [5.74, 6) is 0.0529. The number of benzene rings is 1. The number of halogens is 3. The smallest absolute Gasteiger partial charge is 0.153 e. The van der Waals surface area contributed by atoms with Gasteiger partial charge in [-0.1, -0.05) is 34.8 Å². The molecule has 3 nitrogen and oxygen atoms in total. The van der Waals surface area contributed by atoms with Crippen molar-refractivity contribution in [2.24, 2.45) is 0 Å². The minimum absolute atomic E-state index is 0.0529. The number of aromatic nitrogens is 2. The summed E-state index contributed by atoms with van der Waals surface area (Å²) in [6.07, 6.45) is 2.73. The molecule has 1 N–H and O–H groups in total. The van der Waals surface area contributed by atoms with Crippen LogP contribution in [0.5, 0.6) is 5.75 Å². The van der Waals surface area contributed by atoms with Gasteiger partial charge in [0.05, 0.1) is 33.1 Å². The Kier molecular flexibility index (Phi) is 2.78. The summed E-state index contributed by atoms with van der Waals surface area (Å²) >= 11 is 17.6. The summed E-state index contributed by atoms with van der Waals surface area (Å²) in [5.41, 5.74) is 0.561. The van der Waals surface area contributed by atoms with Crippen molar-refractivity contribution in [1.29, 1.82) is 0 Å². The maximum absolute atomic E-state index is 9.14. The Labute approximate surface area is 101 Å². The number of rotatable bonds is 1. The molecule has 0 saturated heterocycles. The first kappa shape index (κ1) is 10.6. The molecule has 1 aromatic heterocycles. The lowest BCUT2D eigenvalue weighted by molar-refractivity contribution is 0.475. The molecule has 78 valence electrons. The molecule has 0 aliphatic carbocycles. The van der Waals surface area contributed by atoms with Gasteiger partial charge in [0, 0.05) is 0 Å². The monoisotopic (exact) mass is 262 g/mol. The highest BCUT2D eigenvalue weighted by Crippen LogP contribution is 2.31. The molecule has 0 aliphatic rings. The van der Waals surface area contributed by atoms with Crippen molar-refractivity contribution in [3.8, 4) is 11.4 Å². The summed E-state index contributed by atoms with van der Waals surface area (Å²) in [7, 11) is 0. The van der Waals surface area contributed by atoms with Gasteiger partial charge in [-0.25, -0.2) is 4.68 Å². The fourth-order valence-corrected chi connectivity index (χ4v) is 1.76. The zero-order chi connectivity index (χ0) is 11.0. The van der Waals surface area contributed by atoms with Gasteiger partial charge >= 0.3 is 0 Å². The molecule has 0 aliphatic heterocycles. The molecular formula is C9H5Cl3N2O. The lowest BCUT2D eigenvalue weighted by Crippen LogP contribution is -1.95. The Balaban J connectivity index is 2.58. The van der Waals surface area contributed by atoms with Crippen LogP contribution in [0.1, 0.15) is 0 Å². The van der Waals surface area contributed by atoms with E-state index in [0.29, 0.717) is 20.8 Å². The first-order valence-electron chi connectivity index (χ1n) is 3.96. The molecule has 6 heteroatoms. The van der Waals surface area contributed by atoms with Crippen molar-refractivity contribution in [3.05, 3.63) is 39.6 Å². The average molecular weight is 264 g/mol. The maximum Gasteiger partial charge on any atom is 0.153 e. The van der Waals surface area contributed by atoms with E-state index in [1.54, 1.807) is 6.07 Å². The van der Waals surface area contributed by atoms with Crippen molar-refractivity contribution in [1.82, 2.24) is 9.78 Å². The van der Waals surface area contributed by atoms with Crippen LogP contribution in [-0.4, -0.2) is 14.9 Å². The highest BCUT2D eigenvalue weighted by Gasteiger charge is 2.08. The van der Waals surface area contributed by atoms with Gasteiger partial charge in [0.2, 0.25) is 0 Å². The first-order valence-corrected chi connectivity index (χ1v) is 5.10. The van der Waals surface area contributed by atoms with Crippen molar-refractivity contribution in [2.45, 2.75) is 0 Å². The summed E-state index contributed by atoms with van der Waals surface area (Å²) in [5, 5.41) is 14.2. The minimum atomic E-state index is 0.0529. The van der Waals surface area contributed by atoms with Crippen LogP contribution in [0.3, 0.4) is 0 Å². The second-order valence-corrected chi connectivity index (χ2v) is 4.08. The number of aromatic hydroxyl groups is 1. The van der Waals surface area contributed by atoms with E-state index in [1.165, 1.54) is 23.1 Å². The molecule has 0 amide bonds. The fraction of sp³-hybridized carbons (Fsp3) is 0. The number of hydrogen-bond acceptors (Lipinski definition) is 2. The minimum Gasteiger partial charge on any atom is -0.505 e. The number of nitrogens with zero attached hydrogens (tertiary/aromatic N) is 2. The quantitative estimate of drug-likeness (QED) is 0.799. The van der Waals surface area contributed by atoms with Gasteiger partial charge in [-0.05, 0) is 12.1 Å². The highest BCUT2D eigenvalue weighted by molar-refractivity contribution is 6.43. The molecule has 1 heterocycles. The van der Waals surface area contributed by atoms with Gasteiger partial charge in [0.1, 0.15) is 0 Å². The van der Waals surface area contributed by atoms with Crippen LogP contribution in [-0.2, 0) is 0 Å². The SMILES string of the molecule is Oc1cnn(-c2cc(Cl)c(Cl)cc2Cl)c1. The van der Waals surface area contributed by atoms with E-state index >= 15 is 0 Å². The summed E-state index contributed by atoms with van der Waals surface area (Å²) < 4.78 is 1.42. The van der Waals surface area contributed by atoms with E-state index in [4.69, 9.17) is 39.9 Å². The fourth-order valence-electron chi connectivity index (χ4n) is 1.13. The van der Waals surface area contributed by atoms with Gasteiger partial charge < -0.3 is 5.11 Å². The lowest BCUT2D eigenvalue weighted by atomic mass is 10.3. The van der Waals surface area contributed by atoms with Crippen LogP contribution in [0.25, 0.3) is 5.69 Å². The lowest BCUT2D eigenvalue weighted by Gasteiger charge is -2.05.